The maximum Gasteiger partial charge on any atom is 0.195 e. The third-order valence-electron chi connectivity index (χ3n) is 4.04. The van der Waals surface area contributed by atoms with E-state index in [-0.39, 0.29) is 5.78 Å². The Morgan fingerprint density at radius 3 is 1.73 bits per heavy atom. The zero-order valence-corrected chi connectivity index (χ0v) is 15.9. The van der Waals surface area contributed by atoms with Gasteiger partial charge in [0.25, 0.3) is 0 Å². The van der Waals surface area contributed by atoms with Crippen molar-refractivity contribution in [1.82, 2.24) is 0 Å². The van der Waals surface area contributed by atoms with Crippen molar-refractivity contribution in [3.8, 4) is 0 Å². The molecular formula is C23H30O3. The number of hydrogen-bond donors (Lipinski definition) is 1. The number of ketones is 2. The van der Waals surface area contributed by atoms with E-state index in [1.165, 1.54) is 0 Å². The molecule has 3 heteroatoms. The van der Waals surface area contributed by atoms with E-state index in [0.29, 0.717) is 16.9 Å². The molecule has 0 bridgehead atoms. The monoisotopic (exact) mass is 354 g/mol. The minimum atomic E-state index is -1.08. The van der Waals surface area contributed by atoms with E-state index in [1.54, 1.807) is 48.5 Å². The summed E-state index contributed by atoms with van der Waals surface area (Å²) in [6, 6.07) is 17.7. The van der Waals surface area contributed by atoms with E-state index in [4.69, 9.17) is 0 Å². The standard InChI is InChI=1S/C14H12O2.C9H18O/c15-13(11-7-3-1-4-8-11)14(16)12-9-5-2-6-10-12;1-3-5-7-9(10)8-6-4-2/h1-10,13,15H;3-8H2,1-2H3. The number of aliphatic hydroxyl groups excluding tert-OH is 1. The molecule has 2 aromatic carbocycles. The fourth-order valence-electron chi connectivity index (χ4n) is 2.42. The van der Waals surface area contributed by atoms with Crippen LogP contribution in [0.15, 0.2) is 60.7 Å². The first-order chi connectivity index (χ1) is 12.6. The maximum atomic E-state index is 11.9. The molecule has 1 atom stereocenters. The van der Waals surface area contributed by atoms with Crippen molar-refractivity contribution in [2.45, 2.75) is 58.5 Å². The van der Waals surface area contributed by atoms with Gasteiger partial charge in [0.1, 0.15) is 11.9 Å². The predicted octanol–water partition coefficient (Wildman–Crippen LogP) is 5.54. The van der Waals surface area contributed by atoms with E-state index >= 15 is 0 Å². The molecule has 2 aromatic rings. The zero-order valence-electron chi connectivity index (χ0n) is 15.9. The molecule has 0 heterocycles. The lowest BCUT2D eigenvalue weighted by Crippen LogP contribution is -2.11. The van der Waals surface area contributed by atoms with Gasteiger partial charge in [-0.15, -0.1) is 0 Å². The molecule has 0 saturated heterocycles. The van der Waals surface area contributed by atoms with Crippen LogP contribution in [0.2, 0.25) is 0 Å². The SMILES string of the molecule is CCCCC(=O)CCCC.O=C(c1ccccc1)C(O)c1ccccc1. The van der Waals surface area contributed by atoms with Crippen molar-refractivity contribution >= 4 is 11.6 Å². The van der Waals surface area contributed by atoms with Crippen LogP contribution < -0.4 is 0 Å². The van der Waals surface area contributed by atoms with Crippen molar-refractivity contribution in [3.05, 3.63) is 71.8 Å². The molecular weight excluding hydrogens is 324 g/mol. The van der Waals surface area contributed by atoms with Crippen LogP contribution >= 0.6 is 0 Å². The van der Waals surface area contributed by atoms with E-state index in [9.17, 15) is 14.7 Å². The highest BCUT2D eigenvalue weighted by Crippen LogP contribution is 2.17. The summed E-state index contributed by atoms with van der Waals surface area (Å²) >= 11 is 0. The first-order valence-electron chi connectivity index (χ1n) is 9.44. The highest BCUT2D eigenvalue weighted by atomic mass is 16.3. The lowest BCUT2D eigenvalue weighted by atomic mass is 10.0. The molecule has 0 aliphatic carbocycles. The van der Waals surface area contributed by atoms with Crippen LogP contribution in [0.25, 0.3) is 0 Å². The normalized spacial score (nSPS) is 11.2. The summed E-state index contributed by atoms with van der Waals surface area (Å²) in [6.07, 6.45) is 4.94. The first-order valence-corrected chi connectivity index (χ1v) is 9.44. The van der Waals surface area contributed by atoms with Crippen molar-refractivity contribution in [1.29, 1.82) is 0 Å². The molecule has 26 heavy (non-hydrogen) atoms. The number of unbranched alkanes of at least 4 members (excludes halogenated alkanes) is 2. The molecule has 0 saturated carbocycles. The second kappa shape index (κ2) is 13.0. The molecule has 2 rings (SSSR count). The van der Waals surface area contributed by atoms with Gasteiger partial charge in [0.05, 0.1) is 0 Å². The fraction of sp³-hybridized carbons (Fsp3) is 0.391. The van der Waals surface area contributed by atoms with Gasteiger partial charge < -0.3 is 5.11 Å². The van der Waals surface area contributed by atoms with Gasteiger partial charge in [-0.3, -0.25) is 9.59 Å². The number of carbonyl (C=O) groups is 2. The lowest BCUT2D eigenvalue weighted by molar-refractivity contribution is -0.119. The summed E-state index contributed by atoms with van der Waals surface area (Å²) in [5, 5.41) is 9.89. The summed E-state index contributed by atoms with van der Waals surface area (Å²) in [7, 11) is 0. The molecule has 0 aliphatic heterocycles. The average Bonchev–Trinajstić information content (AvgIpc) is 2.71. The second-order valence-electron chi connectivity index (χ2n) is 6.29. The van der Waals surface area contributed by atoms with Gasteiger partial charge in [-0.1, -0.05) is 87.4 Å². The predicted molar refractivity (Wildman–Crippen MR) is 106 cm³/mol. The zero-order chi connectivity index (χ0) is 19.2. The molecule has 0 radical (unpaired) electrons. The second-order valence-corrected chi connectivity index (χ2v) is 6.29. The third-order valence-corrected chi connectivity index (χ3v) is 4.04. The molecule has 0 spiro atoms. The highest BCUT2D eigenvalue weighted by Gasteiger charge is 2.18. The molecule has 3 nitrogen and oxygen atoms in total. The Labute approximate surface area is 157 Å². The molecule has 140 valence electrons. The van der Waals surface area contributed by atoms with Crippen molar-refractivity contribution < 1.29 is 14.7 Å². The smallest absolute Gasteiger partial charge is 0.195 e. The van der Waals surface area contributed by atoms with Gasteiger partial charge in [0.15, 0.2) is 5.78 Å². The summed E-state index contributed by atoms with van der Waals surface area (Å²) < 4.78 is 0. The van der Waals surface area contributed by atoms with Crippen molar-refractivity contribution in [3.63, 3.8) is 0 Å². The van der Waals surface area contributed by atoms with E-state index < -0.39 is 6.10 Å². The van der Waals surface area contributed by atoms with E-state index in [2.05, 4.69) is 13.8 Å². The quantitative estimate of drug-likeness (QED) is 0.602. The van der Waals surface area contributed by atoms with Crippen LogP contribution in [0.1, 0.15) is 74.4 Å². The summed E-state index contributed by atoms with van der Waals surface area (Å²) in [5.74, 6) is 0.176. The number of Topliss-reactive ketones (excluding diaryl/α,β-unsaturated/α-hetero) is 2. The molecule has 0 fully saturated rings. The molecule has 1 unspecified atom stereocenters. The largest absolute Gasteiger partial charge is 0.380 e. The van der Waals surface area contributed by atoms with Crippen molar-refractivity contribution in [2.75, 3.05) is 0 Å². The number of hydrogen-bond acceptors (Lipinski definition) is 3. The first kappa shape index (κ1) is 21.8. The Bertz CT molecular complexity index is 625. The van der Waals surface area contributed by atoms with Crippen LogP contribution in [-0.4, -0.2) is 16.7 Å². The van der Waals surface area contributed by atoms with Crippen LogP contribution in [-0.2, 0) is 4.79 Å². The van der Waals surface area contributed by atoms with Crippen LogP contribution in [0.4, 0.5) is 0 Å². The highest BCUT2D eigenvalue weighted by molar-refractivity contribution is 5.99. The van der Waals surface area contributed by atoms with Gasteiger partial charge in [-0.2, -0.15) is 0 Å². The summed E-state index contributed by atoms with van der Waals surface area (Å²) in [5.41, 5.74) is 1.15. The third kappa shape index (κ3) is 8.21. The lowest BCUT2D eigenvalue weighted by Gasteiger charge is -2.09. The van der Waals surface area contributed by atoms with Crippen LogP contribution in [0, 0.1) is 0 Å². The number of aliphatic hydroxyl groups is 1. The minimum Gasteiger partial charge on any atom is -0.380 e. The Hall–Kier alpha value is -2.26. The molecule has 0 aliphatic rings. The summed E-state index contributed by atoms with van der Waals surface area (Å²) in [4.78, 5) is 22.9. The Morgan fingerprint density at radius 2 is 1.27 bits per heavy atom. The Kier molecular flexibility index (Phi) is 10.9. The van der Waals surface area contributed by atoms with Gasteiger partial charge in [-0.05, 0) is 18.4 Å². The molecule has 0 amide bonds. The minimum absolute atomic E-state index is 0.271. The van der Waals surface area contributed by atoms with Gasteiger partial charge in [-0.25, -0.2) is 0 Å². The summed E-state index contributed by atoms with van der Waals surface area (Å²) in [6.45, 7) is 4.24. The topological polar surface area (TPSA) is 54.4 Å². The van der Waals surface area contributed by atoms with Gasteiger partial charge in [0.2, 0.25) is 0 Å². The van der Waals surface area contributed by atoms with Crippen molar-refractivity contribution in [2.24, 2.45) is 0 Å². The van der Waals surface area contributed by atoms with E-state index in [0.717, 1.165) is 38.5 Å². The Balaban J connectivity index is 0.000000294. The van der Waals surface area contributed by atoms with E-state index in [1.807, 2.05) is 12.1 Å². The number of rotatable bonds is 9. The van der Waals surface area contributed by atoms with Gasteiger partial charge in [0, 0.05) is 18.4 Å². The fourth-order valence-corrected chi connectivity index (χ4v) is 2.42. The Morgan fingerprint density at radius 1 is 0.808 bits per heavy atom. The average molecular weight is 354 g/mol. The van der Waals surface area contributed by atoms with Crippen LogP contribution in [0.3, 0.4) is 0 Å². The van der Waals surface area contributed by atoms with Crippen LogP contribution in [0.5, 0.6) is 0 Å². The maximum absolute atomic E-state index is 11.9. The number of carbonyl (C=O) groups excluding carboxylic acids is 2. The molecule has 0 aromatic heterocycles. The number of benzene rings is 2. The molecule has 1 N–H and O–H groups in total. The van der Waals surface area contributed by atoms with Gasteiger partial charge >= 0.3 is 0 Å².